The van der Waals surface area contributed by atoms with Crippen molar-refractivity contribution in [3.8, 4) is 0 Å². The van der Waals surface area contributed by atoms with Crippen molar-refractivity contribution in [2.24, 2.45) is 0 Å². The average Bonchev–Trinajstić information content (AvgIpc) is 2.35. The molecule has 0 saturated carbocycles. The van der Waals surface area contributed by atoms with Crippen molar-refractivity contribution in [3.63, 3.8) is 0 Å². The van der Waals surface area contributed by atoms with Gasteiger partial charge >= 0.3 is 5.97 Å². The second-order valence-electron chi connectivity index (χ2n) is 5.99. The number of carbonyl (C=O) groups excluding carboxylic acids is 1. The highest BCUT2D eigenvalue weighted by Crippen LogP contribution is 2.39. The van der Waals surface area contributed by atoms with E-state index in [9.17, 15) is 9.59 Å². The summed E-state index contributed by atoms with van der Waals surface area (Å²) < 4.78 is 4.61. The summed E-state index contributed by atoms with van der Waals surface area (Å²) in [6.45, 7) is 8.14. The van der Waals surface area contributed by atoms with Gasteiger partial charge in [0.25, 0.3) is 0 Å². The van der Waals surface area contributed by atoms with Gasteiger partial charge in [-0.2, -0.15) is 0 Å². The molecule has 0 saturated heterocycles. The lowest BCUT2D eigenvalue weighted by Crippen LogP contribution is -2.39. The monoisotopic (exact) mass is 281 g/mol. The van der Waals surface area contributed by atoms with Gasteiger partial charge in [0.05, 0.1) is 7.11 Å². The SMILES string of the molecule is COC(=O)c1ccc(CCC(C)(C)[Si](C)(C)O)cn1. The third-order valence-corrected chi connectivity index (χ3v) is 7.48. The minimum atomic E-state index is -2.17. The van der Waals surface area contributed by atoms with E-state index in [1.807, 2.05) is 19.2 Å². The van der Waals surface area contributed by atoms with Crippen LogP contribution < -0.4 is 0 Å². The molecule has 19 heavy (non-hydrogen) atoms. The fraction of sp³-hybridized carbons (Fsp3) is 0.571. The molecule has 0 spiro atoms. The summed E-state index contributed by atoms with van der Waals surface area (Å²) >= 11 is 0. The molecule has 0 aliphatic heterocycles. The van der Waals surface area contributed by atoms with E-state index in [0.29, 0.717) is 5.69 Å². The van der Waals surface area contributed by atoms with Crippen molar-refractivity contribution in [3.05, 3.63) is 29.6 Å². The predicted octanol–water partition coefficient (Wildman–Crippen LogP) is 2.78. The number of ether oxygens (including phenoxy) is 1. The maximum Gasteiger partial charge on any atom is 0.356 e. The molecule has 0 atom stereocenters. The molecule has 0 amide bonds. The molecule has 5 heteroatoms. The van der Waals surface area contributed by atoms with Crippen LogP contribution in [0.4, 0.5) is 0 Å². The molecular formula is C14H23NO3Si. The van der Waals surface area contributed by atoms with Crippen molar-refractivity contribution in [2.75, 3.05) is 7.11 Å². The Morgan fingerprint density at radius 2 is 2.05 bits per heavy atom. The molecule has 0 radical (unpaired) electrons. The Labute approximate surface area is 116 Å². The Bertz CT molecular complexity index is 435. The molecule has 106 valence electrons. The first-order valence-corrected chi connectivity index (χ1v) is 9.38. The first-order valence-electron chi connectivity index (χ1n) is 6.43. The summed E-state index contributed by atoms with van der Waals surface area (Å²) in [4.78, 5) is 25.6. The average molecular weight is 281 g/mol. The van der Waals surface area contributed by atoms with Crippen LogP contribution in [-0.4, -0.2) is 31.2 Å². The Morgan fingerprint density at radius 3 is 2.47 bits per heavy atom. The van der Waals surface area contributed by atoms with Gasteiger partial charge in [0, 0.05) is 6.20 Å². The normalized spacial score (nSPS) is 12.3. The fourth-order valence-corrected chi connectivity index (χ4v) is 2.30. The van der Waals surface area contributed by atoms with Gasteiger partial charge in [-0.3, -0.25) is 0 Å². The lowest BCUT2D eigenvalue weighted by Gasteiger charge is -2.35. The highest BCUT2D eigenvalue weighted by Gasteiger charge is 2.37. The third-order valence-electron chi connectivity index (χ3n) is 3.91. The Morgan fingerprint density at radius 1 is 1.42 bits per heavy atom. The molecule has 0 fully saturated rings. The van der Waals surface area contributed by atoms with Crippen molar-refractivity contribution in [1.29, 1.82) is 0 Å². The van der Waals surface area contributed by atoms with Crippen LogP contribution in [0.5, 0.6) is 0 Å². The molecule has 1 heterocycles. The van der Waals surface area contributed by atoms with E-state index in [-0.39, 0.29) is 5.04 Å². The molecule has 0 unspecified atom stereocenters. The Kier molecular flexibility index (Phi) is 4.87. The zero-order valence-corrected chi connectivity index (χ0v) is 13.4. The summed E-state index contributed by atoms with van der Waals surface area (Å²) in [7, 11) is -0.826. The Hall–Kier alpha value is -1.20. The van der Waals surface area contributed by atoms with Gasteiger partial charge in [-0.25, -0.2) is 9.78 Å². The van der Waals surface area contributed by atoms with E-state index in [2.05, 4.69) is 23.6 Å². The van der Waals surface area contributed by atoms with Crippen LogP contribution in [0.2, 0.25) is 18.1 Å². The highest BCUT2D eigenvalue weighted by molar-refractivity contribution is 6.72. The van der Waals surface area contributed by atoms with Gasteiger partial charge in [-0.15, -0.1) is 0 Å². The molecule has 1 aromatic rings. The van der Waals surface area contributed by atoms with E-state index in [0.717, 1.165) is 18.4 Å². The van der Waals surface area contributed by atoms with Gasteiger partial charge in [-0.1, -0.05) is 19.9 Å². The molecule has 4 nitrogen and oxygen atoms in total. The summed E-state index contributed by atoms with van der Waals surface area (Å²) in [6.07, 6.45) is 3.45. The van der Waals surface area contributed by atoms with Crippen molar-refractivity contribution < 1.29 is 14.3 Å². The summed E-state index contributed by atoms with van der Waals surface area (Å²) in [5, 5.41) is -0.0476. The van der Waals surface area contributed by atoms with Crippen molar-refractivity contribution >= 4 is 14.3 Å². The van der Waals surface area contributed by atoms with Crippen molar-refractivity contribution in [1.82, 2.24) is 4.98 Å². The number of pyridine rings is 1. The highest BCUT2D eigenvalue weighted by atomic mass is 28.4. The number of hydrogen-bond donors (Lipinski definition) is 1. The standard InChI is InChI=1S/C14H23NO3Si/c1-14(2,19(4,5)17)9-8-11-6-7-12(15-10-11)13(16)18-3/h6-7,10,17H,8-9H2,1-5H3. The maximum atomic E-state index is 11.3. The van der Waals surface area contributed by atoms with Gasteiger partial charge < -0.3 is 9.53 Å². The molecule has 1 aromatic heterocycles. The first-order chi connectivity index (χ1) is 8.67. The summed E-state index contributed by atoms with van der Waals surface area (Å²) in [6, 6.07) is 3.57. The van der Waals surface area contributed by atoms with E-state index >= 15 is 0 Å². The molecule has 0 bridgehead atoms. The van der Waals surface area contributed by atoms with Crippen LogP contribution in [0.25, 0.3) is 0 Å². The minimum absolute atomic E-state index is 0.0476. The number of nitrogens with zero attached hydrogens (tertiary/aromatic N) is 1. The maximum absolute atomic E-state index is 11.3. The van der Waals surface area contributed by atoms with E-state index in [4.69, 9.17) is 0 Å². The van der Waals surface area contributed by atoms with Crippen LogP contribution in [0.15, 0.2) is 18.3 Å². The van der Waals surface area contributed by atoms with E-state index in [1.54, 1.807) is 12.3 Å². The molecule has 0 aromatic carbocycles. The van der Waals surface area contributed by atoms with Crippen LogP contribution in [0, 0.1) is 0 Å². The van der Waals surface area contributed by atoms with Gasteiger partial charge in [0.15, 0.2) is 8.32 Å². The zero-order chi connectivity index (χ0) is 14.7. The van der Waals surface area contributed by atoms with E-state index < -0.39 is 14.3 Å². The Balaban J connectivity index is 2.67. The number of rotatable bonds is 5. The molecular weight excluding hydrogens is 258 g/mol. The van der Waals surface area contributed by atoms with E-state index in [1.165, 1.54) is 7.11 Å². The molecule has 0 aliphatic rings. The number of aryl methyl sites for hydroxylation is 1. The van der Waals surface area contributed by atoms with Crippen molar-refractivity contribution in [2.45, 2.75) is 44.8 Å². The first kappa shape index (κ1) is 15.9. The quantitative estimate of drug-likeness (QED) is 0.666. The summed E-state index contributed by atoms with van der Waals surface area (Å²) in [5.41, 5.74) is 1.39. The fourth-order valence-electron chi connectivity index (χ4n) is 1.56. The molecule has 0 aliphatic carbocycles. The van der Waals surface area contributed by atoms with Gasteiger partial charge in [0.1, 0.15) is 5.69 Å². The summed E-state index contributed by atoms with van der Waals surface area (Å²) in [5.74, 6) is -0.421. The van der Waals surface area contributed by atoms with Crippen LogP contribution >= 0.6 is 0 Å². The third kappa shape index (κ3) is 4.14. The second-order valence-corrected chi connectivity index (χ2v) is 10.5. The minimum Gasteiger partial charge on any atom is -0.464 e. The lowest BCUT2D eigenvalue weighted by atomic mass is 10.0. The van der Waals surface area contributed by atoms with Gasteiger partial charge in [0.2, 0.25) is 0 Å². The largest absolute Gasteiger partial charge is 0.464 e. The zero-order valence-electron chi connectivity index (χ0n) is 12.4. The van der Waals surface area contributed by atoms with Gasteiger partial charge in [-0.05, 0) is 42.6 Å². The molecule has 1 N–H and O–H groups in total. The molecule has 1 rings (SSSR count). The predicted molar refractivity (Wildman–Crippen MR) is 77.6 cm³/mol. The number of carbonyl (C=O) groups is 1. The number of hydrogen-bond acceptors (Lipinski definition) is 4. The van der Waals surface area contributed by atoms with Crippen LogP contribution in [0.3, 0.4) is 0 Å². The smallest absolute Gasteiger partial charge is 0.356 e. The second kappa shape index (κ2) is 5.84. The number of esters is 1. The number of methoxy groups -OCH3 is 1. The number of aromatic nitrogens is 1. The van der Waals surface area contributed by atoms with Crippen LogP contribution in [0.1, 0.15) is 36.3 Å². The lowest BCUT2D eigenvalue weighted by molar-refractivity contribution is 0.0594. The topological polar surface area (TPSA) is 59.4 Å². The van der Waals surface area contributed by atoms with Crippen LogP contribution in [-0.2, 0) is 11.2 Å².